The maximum atomic E-state index is 12.4. The molecule has 1 aromatic rings. The van der Waals surface area contributed by atoms with Gasteiger partial charge in [-0.1, -0.05) is 6.92 Å². The van der Waals surface area contributed by atoms with Gasteiger partial charge in [-0.15, -0.1) is 11.3 Å². The van der Waals surface area contributed by atoms with Crippen LogP contribution in [0.4, 0.5) is 0 Å². The summed E-state index contributed by atoms with van der Waals surface area (Å²) in [5.41, 5.74) is 0. The second-order valence-corrected chi connectivity index (χ2v) is 5.73. The van der Waals surface area contributed by atoms with Crippen molar-refractivity contribution in [1.82, 2.24) is 4.90 Å². The lowest BCUT2D eigenvalue weighted by Gasteiger charge is -2.37. The number of aliphatic hydroxyl groups is 1. The van der Waals surface area contributed by atoms with Gasteiger partial charge in [-0.25, -0.2) is 0 Å². The molecule has 100 valence electrons. The summed E-state index contributed by atoms with van der Waals surface area (Å²) < 4.78 is 5.44. The highest BCUT2D eigenvalue weighted by molar-refractivity contribution is 7.14. The summed E-state index contributed by atoms with van der Waals surface area (Å²) in [6, 6.07) is 3.96. The highest BCUT2D eigenvalue weighted by Crippen LogP contribution is 2.22. The fraction of sp³-hybridized carbons (Fsp3) is 0.615. The van der Waals surface area contributed by atoms with E-state index in [1.807, 2.05) is 19.1 Å². The quantitative estimate of drug-likeness (QED) is 0.905. The Balaban J connectivity index is 2.11. The number of morpholine rings is 1. The second-order valence-electron chi connectivity index (χ2n) is 4.56. The summed E-state index contributed by atoms with van der Waals surface area (Å²) in [5, 5.41) is 9.13. The zero-order valence-electron chi connectivity index (χ0n) is 10.8. The van der Waals surface area contributed by atoms with E-state index in [1.54, 1.807) is 16.2 Å². The number of aliphatic hydroxyl groups excluding tert-OH is 1. The van der Waals surface area contributed by atoms with Crippen LogP contribution in [-0.2, 0) is 11.2 Å². The summed E-state index contributed by atoms with van der Waals surface area (Å²) in [7, 11) is 0. The van der Waals surface area contributed by atoms with E-state index >= 15 is 0 Å². The van der Waals surface area contributed by atoms with E-state index in [2.05, 4.69) is 6.92 Å². The van der Waals surface area contributed by atoms with Crippen molar-refractivity contribution in [2.24, 2.45) is 0 Å². The van der Waals surface area contributed by atoms with E-state index in [4.69, 9.17) is 9.84 Å². The van der Waals surface area contributed by atoms with Crippen LogP contribution >= 0.6 is 11.3 Å². The third-order valence-electron chi connectivity index (χ3n) is 3.19. The van der Waals surface area contributed by atoms with Gasteiger partial charge in [0.15, 0.2) is 0 Å². The van der Waals surface area contributed by atoms with Crippen molar-refractivity contribution in [3.05, 3.63) is 21.9 Å². The predicted molar refractivity (Wildman–Crippen MR) is 71.0 cm³/mol. The van der Waals surface area contributed by atoms with Gasteiger partial charge in [0.2, 0.25) is 0 Å². The van der Waals surface area contributed by atoms with Gasteiger partial charge in [-0.05, 0) is 25.5 Å². The number of carbonyl (C=O) groups is 1. The molecule has 1 saturated heterocycles. The van der Waals surface area contributed by atoms with E-state index < -0.39 is 0 Å². The molecule has 5 heteroatoms. The Labute approximate surface area is 111 Å². The average Bonchev–Trinajstić information content (AvgIpc) is 2.87. The highest BCUT2D eigenvalue weighted by atomic mass is 32.1. The average molecular weight is 269 g/mol. The SMILES string of the molecule is CCc1ccc(C(=O)N2CC(CO)OCC2C)s1. The van der Waals surface area contributed by atoms with Crippen LogP contribution in [0.2, 0.25) is 0 Å². The molecule has 1 amide bonds. The molecule has 1 aliphatic heterocycles. The molecular weight excluding hydrogens is 250 g/mol. The van der Waals surface area contributed by atoms with Gasteiger partial charge in [0, 0.05) is 11.4 Å². The van der Waals surface area contributed by atoms with E-state index in [0.717, 1.165) is 11.3 Å². The Morgan fingerprint density at radius 3 is 3.00 bits per heavy atom. The van der Waals surface area contributed by atoms with Gasteiger partial charge in [0.25, 0.3) is 5.91 Å². The summed E-state index contributed by atoms with van der Waals surface area (Å²) in [4.78, 5) is 16.2. The van der Waals surface area contributed by atoms with Crippen molar-refractivity contribution in [3.8, 4) is 0 Å². The van der Waals surface area contributed by atoms with Crippen LogP contribution in [0.25, 0.3) is 0 Å². The van der Waals surface area contributed by atoms with Crippen LogP contribution in [0.3, 0.4) is 0 Å². The Morgan fingerprint density at radius 1 is 1.61 bits per heavy atom. The molecule has 2 heterocycles. The number of hydrogen-bond donors (Lipinski definition) is 1. The molecule has 1 aliphatic rings. The van der Waals surface area contributed by atoms with E-state index in [9.17, 15) is 4.79 Å². The monoisotopic (exact) mass is 269 g/mol. The Morgan fingerprint density at radius 2 is 2.39 bits per heavy atom. The van der Waals surface area contributed by atoms with Crippen molar-refractivity contribution < 1.29 is 14.6 Å². The topological polar surface area (TPSA) is 49.8 Å². The van der Waals surface area contributed by atoms with Gasteiger partial charge in [-0.2, -0.15) is 0 Å². The summed E-state index contributed by atoms with van der Waals surface area (Å²) in [5.74, 6) is 0.0500. The number of aryl methyl sites for hydroxylation is 1. The standard InChI is InChI=1S/C13H19NO3S/c1-3-11-4-5-12(18-11)13(16)14-6-10(7-15)17-8-9(14)2/h4-5,9-10,15H,3,6-8H2,1-2H3. The molecule has 2 atom stereocenters. The fourth-order valence-corrected chi connectivity index (χ4v) is 2.94. The number of rotatable bonds is 3. The van der Waals surface area contributed by atoms with Crippen molar-refractivity contribution in [2.75, 3.05) is 19.8 Å². The number of ether oxygens (including phenoxy) is 1. The first-order valence-electron chi connectivity index (χ1n) is 6.27. The molecular formula is C13H19NO3S. The summed E-state index contributed by atoms with van der Waals surface area (Å²) in [6.45, 7) is 4.97. The van der Waals surface area contributed by atoms with Crippen molar-refractivity contribution in [2.45, 2.75) is 32.4 Å². The highest BCUT2D eigenvalue weighted by Gasteiger charge is 2.30. The minimum Gasteiger partial charge on any atom is -0.394 e. The second kappa shape index (κ2) is 5.82. The van der Waals surface area contributed by atoms with Crippen LogP contribution in [0.1, 0.15) is 28.4 Å². The van der Waals surface area contributed by atoms with E-state index in [1.165, 1.54) is 4.88 Å². The zero-order valence-corrected chi connectivity index (χ0v) is 11.6. The molecule has 0 spiro atoms. The number of nitrogens with zero attached hydrogens (tertiary/aromatic N) is 1. The zero-order chi connectivity index (χ0) is 13.1. The maximum Gasteiger partial charge on any atom is 0.264 e. The lowest BCUT2D eigenvalue weighted by Crippen LogP contribution is -2.51. The lowest BCUT2D eigenvalue weighted by molar-refractivity contribution is -0.0666. The first kappa shape index (κ1) is 13.5. The number of amides is 1. The first-order valence-corrected chi connectivity index (χ1v) is 7.09. The molecule has 1 aromatic heterocycles. The number of hydrogen-bond acceptors (Lipinski definition) is 4. The van der Waals surface area contributed by atoms with E-state index in [-0.39, 0.29) is 24.7 Å². The molecule has 18 heavy (non-hydrogen) atoms. The van der Waals surface area contributed by atoms with Crippen LogP contribution in [-0.4, -0.2) is 47.8 Å². The van der Waals surface area contributed by atoms with E-state index in [0.29, 0.717) is 13.2 Å². The molecule has 1 N–H and O–H groups in total. The minimum absolute atomic E-state index is 0.0405. The van der Waals surface area contributed by atoms with Crippen molar-refractivity contribution >= 4 is 17.2 Å². The van der Waals surface area contributed by atoms with Crippen molar-refractivity contribution in [3.63, 3.8) is 0 Å². The molecule has 2 rings (SSSR count). The molecule has 0 saturated carbocycles. The molecule has 1 fully saturated rings. The predicted octanol–water partition coefficient (Wildman–Crippen LogP) is 1.53. The normalized spacial score (nSPS) is 24.3. The number of carbonyl (C=O) groups excluding carboxylic acids is 1. The smallest absolute Gasteiger partial charge is 0.264 e. The Hall–Kier alpha value is -0.910. The molecule has 0 aliphatic carbocycles. The van der Waals surface area contributed by atoms with Crippen molar-refractivity contribution in [1.29, 1.82) is 0 Å². The van der Waals surface area contributed by atoms with Crippen LogP contribution < -0.4 is 0 Å². The van der Waals surface area contributed by atoms with Crippen LogP contribution in [0.15, 0.2) is 12.1 Å². The van der Waals surface area contributed by atoms with Gasteiger partial charge in [-0.3, -0.25) is 4.79 Å². The third kappa shape index (κ3) is 2.74. The minimum atomic E-state index is -0.254. The largest absolute Gasteiger partial charge is 0.394 e. The Kier molecular flexibility index (Phi) is 4.37. The molecule has 4 nitrogen and oxygen atoms in total. The van der Waals surface area contributed by atoms with Gasteiger partial charge in [0.1, 0.15) is 0 Å². The maximum absolute atomic E-state index is 12.4. The van der Waals surface area contributed by atoms with Crippen LogP contribution in [0, 0.1) is 0 Å². The Bertz CT molecular complexity index is 418. The fourth-order valence-electron chi connectivity index (χ4n) is 2.04. The summed E-state index contributed by atoms with van der Waals surface area (Å²) >= 11 is 1.55. The third-order valence-corrected chi connectivity index (χ3v) is 4.41. The van der Waals surface area contributed by atoms with Crippen LogP contribution in [0.5, 0.6) is 0 Å². The number of thiophene rings is 1. The molecule has 0 radical (unpaired) electrons. The van der Waals surface area contributed by atoms with Gasteiger partial charge >= 0.3 is 0 Å². The first-order chi connectivity index (χ1) is 8.65. The van der Waals surface area contributed by atoms with Gasteiger partial charge < -0.3 is 14.7 Å². The molecule has 0 aromatic carbocycles. The molecule has 2 unspecified atom stereocenters. The molecule has 0 bridgehead atoms. The summed E-state index contributed by atoms with van der Waals surface area (Å²) in [6.07, 6.45) is 0.700. The van der Waals surface area contributed by atoms with Gasteiger partial charge in [0.05, 0.1) is 30.2 Å². The lowest BCUT2D eigenvalue weighted by atomic mass is 10.2.